The van der Waals surface area contributed by atoms with Gasteiger partial charge in [0.1, 0.15) is 6.26 Å². The van der Waals surface area contributed by atoms with Gasteiger partial charge in [-0.25, -0.2) is 4.98 Å². The SMILES string of the molecule is CC(=O)Nc1ncco1.[B][B]B(B([B])[B])B(B([B])[B])B(B(B(B([B])[B])B([B])[B])B(B([B])[B])B([B])[B])B(B(B([B])[B])B([B])[B])B(B([B])[B])B([B])[B]. The summed E-state index contributed by atoms with van der Waals surface area (Å²) in [6, 6.07) is 0.238. The predicted molar refractivity (Wildman–Crippen MR) is 267 cm³/mol. The molecule has 0 bridgehead atoms. The van der Waals surface area contributed by atoms with Crippen LogP contribution >= 0.6 is 0 Å². The smallest absolute Gasteiger partial charge is 0.301 e. The van der Waals surface area contributed by atoms with Crippen molar-refractivity contribution in [2.24, 2.45) is 0 Å². The van der Waals surface area contributed by atoms with Gasteiger partial charge in [0.2, 0.25) is 5.91 Å². The normalized spacial score (nSPS) is 9.46. The quantitative estimate of drug-likeness (QED) is 0.159. The Morgan fingerprint density at radius 2 is 0.800 bits per heavy atom. The molecule has 1 amide bonds. The van der Waals surface area contributed by atoms with Crippen LogP contribution in [0.5, 0.6) is 0 Å². The monoisotopic (exact) mass is 577 g/mol. The van der Waals surface area contributed by atoms with Crippen molar-refractivity contribution in [3.63, 3.8) is 0 Å². The topological polar surface area (TPSA) is 55.1 Å². The van der Waals surface area contributed by atoms with Crippen LogP contribution in [0.4, 0.5) is 6.01 Å². The standard InChI is InChI=1S/C5H6N2O2.B41/c1-4(8)7-5-6-2-3-9-5;1-22-33(23(2)3)38(32(20)21)41(39(34(24(4)5)25(6)7)35(26(8)9)27(10)11)40(36(28(12)13)29(14)15)37(30(16)17)31(18)19/h2-3H,1H3,(H,6,7,8);. The molecule has 1 heterocycles. The Bertz CT molecular complexity index is 910. The summed E-state index contributed by atoms with van der Waals surface area (Å²) in [5, 5.41) is 2.37. The van der Waals surface area contributed by atoms with Gasteiger partial charge in [-0.05, 0) is 0 Å². The van der Waals surface area contributed by atoms with E-state index in [4.69, 9.17) is 167 Å². The summed E-state index contributed by atoms with van der Waals surface area (Å²) < 4.78 is 4.70. The Hall–Kier alpha value is 1.34. The molecule has 0 fully saturated rings. The van der Waals surface area contributed by atoms with Gasteiger partial charge in [-0.1, -0.05) is 0 Å². The second-order valence-electron chi connectivity index (χ2n) is 12.7. The van der Waals surface area contributed by atoms with Crippen molar-refractivity contribution < 1.29 is 9.21 Å². The first kappa shape index (κ1) is 51.3. The maximum atomic E-state index is 10.3. The number of aromatic nitrogens is 1. The Labute approximate surface area is 339 Å². The molecule has 0 saturated carbocycles. The first-order valence-electron chi connectivity index (χ1n) is 15.8. The number of amides is 1. The zero-order valence-corrected chi connectivity index (χ0v) is 28.6. The van der Waals surface area contributed by atoms with E-state index in [1.54, 1.807) is 0 Å². The summed E-state index contributed by atoms with van der Waals surface area (Å²) in [5.41, 5.74) is 0. The molecule has 1 N–H and O–H groups in total. The highest BCUT2D eigenvalue weighted by atomic mass is 16.4. The van der Waals surface area contributed by atoms with Gasteiger partial charge in [-0.2, -0.15) is 0 Å². The number of hydrogen-bond acceptors (Lipinski definition) is 3. The molecule has 0 atom stereocenters. The van der Waals surface area contributed by atoms with Crippen molar-refractivity contribution in [2.75, 3.05) is 5.32 Å². The summed E-state index contributed by atoms with van der Waals surface area (Å²) in [7, 11) is 133. The van der Waals surface area contributed by atoms with E-state index in [0.29, 0.717) is 0 Å². The van der Waals surface area contributed by atoms with Crippen LogP contribution in [0.15, 0.2) is 16.9 Å². The molecular formula is C5H6B41N2O2. The number of carbonyl (C=O) groups excluding carboxylic acids is 1. The molecule has 0 aliphatic carbocycles. The number of hydrogen-bond donors (Lipinski definition) is 1. The Balaban J connectivity index is 0.00000229. The lowest BCUT2D eigenvalue weighted by molar-refractivity contribution is -0.114. The fourth-order valence-electron chi connectivity index (χ4n) is 7.11. The molecule has 45 heteroatoms. The third kappa shape index (κ3) is 15.5. The minimum absolute atomic E-state index is 0.183. The highest BCUT2D eigenvalue weighted by molar-refractivity contribution is 8.32. The molecule has 4 nitrogen and oxygen atoms in total. The molecule has 171 valence electrons. The van der Waals surface area contributed by atoms with Crippen LogP contribution in [-0.4, -0.2) is 302 Å². The van der Waals surface area contributed by atoms with Gasteiger partial charge in [0.15, 0.2) is 0 Å². The summed E-state index contributed by atoms with van der Waals surface area (Å²) in [6.45, 7) is 1.39. The lowest BCUT2D eigenvalue weighted by Crippen LogP contribution is -2.92. The highest BCUT2D eigenvalue weighted by Crippen LogP contribution is 2.19. The third-order valence-corrected chi connectivity index (χ3v) is 8.94. The van der Waals surface area contributed by atoms with Crippen LogP contribution in [0.1, 0.15) is 6.92 Å². The van der Waals surface area contributed by atoms with E-state index in [-0.39, 0.29) is 11.9 Å². The fourth-order valence-corrected chi connectivity index (χ4v) is 7.11. The fraction of sp³-hybridized carbons (Fsp3) is 0.200. The first-order chi connectivity index (χ1) is 23.0. The lowest BCUT2D eigenvalue weighted by atomic mass is 8.27. The molecule has 50 heavy (non-hydrogen) atoms. The van der Waals surface area contributed by atoms with Gasteiger partial charge in [0, 0.05) is 298 Å². The molecule has 0 aliphatic heterocycles. The number of oxazole rings is 1. The van der Waals surface area contributed by atoms with E-state index >= 15 is 0 Å². The van der Waals surface area contributed by atoms with Gasteiger partial charge in [0.05, 0.1) is 6.20 Å². The number of rotatable bonds is 20. The Morgan fingerprint density at radius 1 is 0.520 bits per heavy atom. The molecule has 0 unspecified atom stereocenters. The summed E-state index contributed by atoms with van der Waals surface area (Å²) in [5.74, 6) is -0.183. The lowest BCUT2D eigenvalue weighted by Gasteiger charge is -2.54. The van der Waals surface area contributed by atoms with Crippen LogP contribution in [0.3, 0.4) is 0 Å². The minimum atomic E-state index is -1.23. The Morgan fingerprint density at radius 3 is 0.980 bits per heavy atom. The van der Waals surface area contributed by atoms with Gasteiger partial charge in [0.25, 0.3) is 0 Å². The average molecular weight is 569 g/mol. The van der Waals surface area contributed by atoms with Crippen LogP contribution < -0.4 is 5.32 Å². The molecule has 1 aromatic rings. The second kappa shape index (κ2) is 24.8. The molecule has 43 radical (unpaired) electrons. The van der Waals surface area contributed by atoms with Crippen molar-refractivity contribution in [1.82, 2.24) is 4.98 Å². The maximum absolute atomic E-state index is 10.3. The molecular weight excluding hydrogens is 563 g/mol. The predicted octanol–water partition coefficient (Wildman–Crippen LogP) is -15.0. The molecule has 0 spiro atoms. The maximum Gasteiger partial charge on any atom is 0.301 e. The molecule has 1 rings (SSSR count). The number of nitrogens with one attached hydrogen (secondary N) is 1. The number of carbonyl (C=O) groups is 1. The van der Waals surface area contributed by atoms with Gasteiger partial charge >= 0.3 is 6.01 Å². The first-order valence-corrected chi connectivity index (χ1v) is 15.8. The molecule has 0 saturated heterocycles. The zero-order valence-electron chi connectivity index (χ0n) is 28.6. The molecule has 1 aromatic heterocycles. The van der Waals surface area contributed by atoms with Gasteiger partial charge < -0.3 is 4.42 Å². The van der Waals surface area contributed by atoms with Crippen LogP contribution in [-0.2, 0) is 4.79 Å². The molecule has 0 aliphatic rings. The van der Waals surface area contributed by atoms with Crippen molar-refractivity contribution in [3.05, 3.63) is 12.5 Å². The summed E-state index contributed by atoms with van der Waals surface area (Å²) >= 11 is 0. The number of anilines is 1. The number of nitrogens with zero attached hydrogens (tertiary/aromatic N) is 1. The van der Waals surface area contributed by atoms with Crippen molar-refractivity contribution in [2.45, 2.75) is 6.92 Å². The zero-order chi connectivity index (χ0) is 39.4. The van der Waals surface area contributed by atoms with Crippen molar-refractivity contribution in [3.8, 4) is 0 Å². The summed E-state index contributed by atoms with van der Waals surface area (Å²) in [4.78, 5) is 14.0. The van der Waals surface area contributed by atoms with Gasteiger partial charge in [-0.3, -0.25) is 10.1 Å². The second-order valence-corrected chi connectivity index (χ2v) is 12.7. The van der Waals surface area contributed by atoms with E-state index in [9.17, 15) is 4.79 Å². The van der Waals surface area contributed by atoms with Crippen molar-refractivity contribution in [1.29, 1.82) is 0 Å². The highest BCUT2D eigenvalue weighted by Gasteiger charge is 2.57. The van der Waals surface area contributed by atoms with E-state index in [1.807, 2.05) is 0 Å². The summed E-state index contributed by atoms with van der Waals surface area (Å²) in [6.07, 6.45) is -18.5. The average Bonchev–Trinajstić information content (AvgIpc) is 3.43. The van der Waals surface area contributed by atoms with Crippen molar-refractivity contribution >= 4 is 303 Å². The Kier molecular flexibility index (Phi) is 25.4. The van der Waals surface area contributed by atoms with Crippen LogP contribution in [0, 0.1) is 0 Å². The van der Waals surface area contributed by atoms with E-state index in [1.165, 1.54) is 26.4 Å². The van der Waals surface area contributed by atoms with E-state index in [2.05, 4.69) is 10.3 Å². The van der Waals surface area contributed by atoms with Crippen LogP contribution in [0.2, 0.25) is 0 Å². The third-order valence-electron chi connectivity index (χ3n) is 8.94. The largest absolute Gasteiger partial charge is 0.432 e. The van der Waals surface area contributed by atoms with Gasteiger partial charge in [-0.15, -0.1) is 0 Å². The van der Waals surface area contributed by atoms with E-state index in [0.717, 1.165) is 0 Å². The van der Waals surface area contributed by atoms with E-state index < -0.39 is 121 Å². The molecule has 0 aromatic carbocycles. The van der Waals surface area contributed by atoms with Crippen LogP contribution in [0.25, 0.3) is 0 Å². The minimum Gasteiger partial charge on any atom is -0.432 e.